The molecule has 188 valence electrons. The highest BCUT2D eigenvalue weighted by Gasteiger charge is 2.27. The van der Waals surface area contributed by atoms with Crippen molar-refractivity contribution in [1.29, 1.82) is 0 Å². The smallest absolute Gasteiger partial charge is 0.325 e. The molecule has 2 atom stereocenters. The molecule has 12 nitrogen and oxygen atoms in total. The van der Waals surface area contributed by atoms with E-state index >= 15 is 0 Å². The van der Waals surface area contributed by atoms with Crippen molar-refractivity contribution in [3.63, 3.8) is 0 Å². The fraction of sp³-hybridized carbons (Fsp3) is 0.476. The summed E-state index contributed by atoms with van der Waals surface area (Å²) in [6.07, 6.45) is -0.113. The molecule has 13 heteroatoms. The SMILES string of the molecule is CCOC(=O)CCC(N)C(=O)NC(CSC(=O)N(O)c1ccccc1)C(=O)NCC(=O)OCC. The van der Waals surface area contributed by atoms with Gasteiger partial charge in [0.05, 0.1) is 24.9 Å². The topological polar surface area (TPSA) is 177 Å². The molecule has 2 unspecified atom stereocenters. The van der Waals surface area contributed by atoms with Crippen molar-refractivity contribution in [2.24, 2.45) is 5.73 Å². The average molecular weight is 499 g/mol. The Labute approximate surface area is 201 Å². The van der Waals surface area contributed by atoms with Crippen LogP contribution in [0, 0.1) is 0 Å². The monoisotopic (exact) mass is 498 g/mol. The molecular weight excluding hydrogens is 468 g/mol. The molecule has 0 heterocycles. The Morgan fingerprint density at radius 2 is 1.65 bits per heavy atom. The normalized spacial score (nSPS) is 12.1. The number of nitrogens with zero attached hydrogens (tertiary/aromatic N) is 1. The fourth-order valence-electron chi connectivity index (χ4n) is 2.48. The van der Waals surface area contributed by atoms with Gasteiger partial charge < -0.3 is 25.8 Å². The Bertz CT molecular complexity index is 839. The number of amides is 3. The van der Waals surface area contributed by atoms with Gasteiger partial charge in [0.2, 0.25) is 11.8 Å². The second-order valence-corrected chi connectivity index (χ2v) is 7.73. The number of thioether (sulfide) groups is 1. The lowest BCUT2D eigenvalue weighted by Crippen LogP contribution is -2.53. The van der Waals surface area contributed by atoms with Gasteiger partial charge in [0.25, 0.3) is 0 Å². The molecular formula is C21H30N4O8S. The maximum atomic E-state index is 12.6. The van der Waals surface area contributed by atoms with Gasteiger partial charge >= 0.3 is 17.2 Å². The minimum Gasteiger partial charge on any atom is -0.466 e. The predicted octanol–water partition coefficient (Wildman–Crippen LogP) is 0.570. The van der Waals surface area contributed by atoms with Crippen LogP contribution in [0.15, 0.2) is 30.3 Å². The summed E-state index contributed by atoms with van der Waals surface area (Å²) in [5.74, 6) is -2.96. The zero-order valence-electron chi connectivity index (χ0n) is 19.0. The Morgan fingerprint density at radius 3 is 2.26 bits per heavy atom. The van der Waals surface area contributed by atoms with Crippen LogP contribution in [0.1, 0.15) is 26.7 Å². The van der Waals surface area contributed by atoms with E-state index in [-0.39, 0.29) is 37.5 Å². The summed E-state index contributed by atoms with van der Waals surface area (Å²) >= 11 is 0.569. The van der Waals surface area contributed by atoms with Crippen LogP contribution in [0.4, 0.5) is 10.5 Å². The first-order valence-electron chi connectivity index (χ1n) is 10.5. The third-order valence-electron chi connectivity index (χ3n) is 4.19. The first-order chi connectivity index (χ1) is 16.2. The van der Waals surface area contributed by atoms with E-state index in [1.165, 1.54) is 12.1 Å². The van der Waals surface area contributed by atoms with Crippen LogP contribution in [0.25, 0.3) is 0 Å². The molecule has 0 bridgehead atoms. The van der Waals surface area contributed by atoms with Crippen LogP contribution in [-0.4, -0.2) is 71.8 Å². The van der Waals surface area contributed by atoms with Gasteiger partial charge in [-0.25, -0.2) is 0 Å². The van der Waals surface area contributed by atoms with Gasteiger partial charge in [0.1, 0.15) is 12.6 Å². The molecule has 0 aliphatic rings. The summed E-state index contributed by atoms with van der Waals surface area (Å²) in [4.78, 5) is 60.3. The zero-order chi connectivity index (χ0) is 25.5. The maximum Gasteiger partial charge on any atom is 0.325 e. The van der Waals surface area contributed by atoms with Gasteiger partial charge in [0.15, 0.2) is 0 Å². The van der Waals surface area contributed by atoms with E-state index in [4.69, 9.17) is 15.2 Å². The molecule has 0 aromatic heterocycles. The van der Waals surface area contributed by atoms with Crippen molar-refractivity contribution in [2.45, 2.75) is 38.8 Å². The number of anilines is 1. The summed E-state index contributed by atoms with van der Waals surface area (Å²) in [5.41, 5.74) is 6.02. The second-order valence-electron chi connectivity index (χ2n) is 6.76. The number of nitrogens with one attached hydrogen (secondary N) is 2. The fourth-order valence-corrected chi connectivity index (χ4v) is 3.26. The van der Waals surface area contributed by atoms with Gasteiger partial charge in [-0.15, -0.1) is 0 Å². The number of hydrogen-bond acceptors (Lipinski definition) is 10. The maximum absolute atomic E-state index is 12.6. The van der Waals surface area contributed by atoms with Gasteiger partial charge in [-0.1, -0.05) is 30.0 Å². The molecule has 1 rings (SSSR count). The number of hydroxylamine groups is 1. The van der Waals surface area contributed by atoms with E-state index in [9.17, 15) is 29.2 Å². The van der Waals surface area contributed by atoms with Crippen LogP contribution < -0.4 is 21.4 Å². The standard InChI is InChI=1S/C21H30N4O8S/c1-3-32-17(26)11-10-15(22)19(28)24-16(20(29)23-12-18(27)33-4-2)13-34-21(30)25(31)14-8-6-5-7-9-14/h5-9,15-16,31H,3-4,10-13,22H2,1-2H3,(H,23,29)(H,24,28). The molecule has 0 spiro atoms. The Kier molecular flexibility index (Phi) is 13.3. The van der Waals surface area contributed by atoms with Gasteiger partial charge in [0, 0.05) is 12.2 Å². The number of carbonyl (C=O) groups is 5. The molecule has 1 aromatic carbocycles. The van der Waals surface area contributed by atoms with Gasteiger partial charge in [-0.2, -0.15) is 5.06 Å². The van der Waals surface area contributed by atoms with E-state index in [0.29, 0.717) is 16.8 Å². The predicted molar refractivity (Wildman–Crippen MR) is 124 cm³/mol. The molecule has 0 fully saturated rings. The summed E-state index contributed by atoms with van der Waals surface area (Å²) in [5, 5.41) is 14.4. The Morgan fingerprint density at radius 1 is 1.03 bits per heavy atom. The average Bonchev–Trinajstić information content (AvgIpc) is 2.83. The first kappa shape index (κ1) is 28.9. The van der Waals surface area contributed by atoms with E-state index in [1.54, 1.807) is 32.0 Å². The summed E-state index contributed by atoms with van der Waals surface area (Å²) in [6, 6.07) is 5.58. The molecule has 0 saturated carbocycles. The number of nitrogens with two attached hydrogens (primary N) is 1. The number of hydrogen-bond donors (Lipinski definition) is 4. The Hall–Kier alpha value is -3.16. The van der Waals surface area contributed by atoms with Gasteiger partial charge in [-0.05, 0) is 32.4 Å². The largest absolute Gasteiger partial charge is 0.466 e. The summed E-state index contributed by atoms with van der Waals surface area (Å²) < 4.78 is 9.53. The van der Waals surface area contributed by atoms with Crippen molar-refractivity contribution in [2.75, 3.05) is 30.6 Å². The number of benzene rings is 1. The van der Waals surface area contributed by atoms with Crippen molar-refractivity contribution in [3.8, 4) is 0 Å². The highest BCUT2D eigenvalue weighted by molar-refractivity contribution is 8.13. The van der Waals surface area contributed by atoms with Crippen LogP contribution in [0.2, 0.25) is 0 Å². The molecule has 0 saturated heterocycles. The lowest BCUT2D eigenvalue weighted by molar-refractivity contribution is -0.144. The molecule has 0 aliphatic heterocycles. The minimum atomic E-state index is -1.27. The first-order valence-corrected chi connectivity index (χ1v) is 11.5. The number of rotatable bonds is 13. The summed E-state index contributed by atoms with van der Waals surface area (Å²) in [7, 11) is 0. The van der Waals surface area contributed by atoms with E-state index in [0.717, 1.165) is 0 Å². The lowest BCUT2D eigenvalue weighted by atomic mass is 10.1. The highest BCUT2D eigenvalue weighted by Crippen LogP contribution is 2.17. The quantitative estimate of drug-likeness (QED) is 0.171. The minimum absolute atomic E-state index is 0.0215. The summed E-state index contributed by atoms with van der Waals surface area (Å²) in [6.45, 7) is 3.13. The lowest BCUT2D eigenvalue weighted by Gasteiger charge is -2.21. The highest BCUT2D eigenvalue weighted by atomic mass is 32.2. The van der Waals surface area contributed by atoms with Crippen molar-refractivity contribution in [3.05, 3.63) is 30.3 Å². The molecule has 0 radical (unpaired) electrons. The van der Waals surface area contributed by atoms with Crippen LogP contribution in [0.3, 0.4) is 0 Å². The van der Waals surface area contributed by atoms with Crippen molar-refractivity contribution >= 4 is 46.4 Å². The van der Waals surface area contributed by atoms with Crippen molar-refractivity contribution < 1.29 is 38.7 Å². The molecule has 5 N–H and O–H groups in total. The number of carbonyl (C=O) groups excluding carboxylic acids is 5. The molecule has 1 aromatic rings. The van der Waals surface area contributed by atoms with E-state index in [2.05, 4.69) is 10.6 Å². The van der Waals surface area contributed by atoms with Crippen molar-refractivity contribution in [1.82, 2.24) is 10.6 Å². The van der Waals surface area contributed by atoms with Crippen LogP contribution >= 0.6 is 11.8 Å². The second kappa shape index (κ2) is 15.6. The Balaban J connectivity index is 2.77. The van der Waals surface area contributed by atoms with Crippen LogP contribution in [-0.2, 0) is 28.7 Å². The third kappa shape index (κ3) is 10.6. The van der Waals surface area contributed by atoms with E-state index in [1.807, 2.05) is 0 Å². The molecule has 0 aliphatic carbocycles. The number of para-hydroxylation sites is 1. The molecule has 3 amide bonds. The van der Waals surface area contributed by atoms with Gasteiger partial charge in [-0.3, -0.25) is 29.2 Å². The third-order valence-corrected chi connectivity index (χ3v) is 5.11. The van der Waals surface area contributed by atoms with Crippen LogP contribution in [0.5, 0.6) is 0 Å². The molecule has 34 heavy (non-hydrogen) atoms. The number of esters is 2. The zero-order valence-corrected chi connectivity index (χ0v) is 19.8. The number of ether oxygens (including phenoxy) is 2. The van der Waals surface area contributed by atoms with E-state index < -0.39 is 47.6 Å².